The van der Waals surface area contributed by atoms with Gasteiger partial charge in [-0.2, -0.15) is 0 Å². The third kappa shape index (κ3) is 6.90. The average Bonchev–Trinajstić information content (AvgIpc) is 2.53. The van der Waals surface area contributed by atoms with Crippen molar-refractivity contribution in [3.63, 3.8) is 0 Å². The molecular formula is C17H15ClI4O4. The maximum absolute atomic E-state index is 9.16. The standard InChI is InChI=1S/C17H15ClI4O4/c18-2-1-3-25-16-13(21)7-10(8-14(16)22)26-17-11(19)4-9(5-12(17)20)6-15(23)24/h4-5,7-8,15,23-24H,1-3,6H2. The summed E-state index contributed by atoms with van der Waals surface area (Å²) in [6.07, 6.45) is -0.365. The van der Waals surface area contributed by atoms with E-state index in [-0.39, 0.29) is 6.42 Å². The first-order valence-corrected chi connectivity index (χ1v) is 12.4. The summed E-state index contributed by atoms with van der Waals surface area (Å²) in [6.45, 7) is 0.587. The summed E-state index contributed by atoms with van der Waals surface area (Å²) in [5.74, 6) is 2.91. The van der Waals surface area contributed by atoms with E-state index in [0.29, 0.717) is 12.5 Å². The van der Waals surface area contributed by atoms with Crippen molar-refractivity contribution in [2.45, 2.75) is 19.1 Å². The van der Waals surface area contributed by atoms with Crippen LogP contribution < -0.4 is 9.47 Å². The number of aliphatic hydroxyl groups is 2. The van der Waals surface area contributed by atoms with Gasteiger partial charge in [0.15, 0.2) is 12.0 Å². The highest BCUT2D eigenvalue weighted by Crippen LogP contribution is 2.37. The number of hydrogen-bond donors (Lipinski definition) is 2. The van der Waals surface area contributed by atoms with Gasteiger partial charge in [0.2, 0.25) is 0 Å². The molecule has 2 rings (SSSR count). The van der Waals surface area contributed by atoms with E-state index in [1.165, 1.54) is 0 Å². The van der Waals surface area contributed by atoms with Crippen LogP contribution in [0.15, 0.2) is 24.3 Å². The number of alkyl halides is 1. The zero-order chi connectivity index (χ0) is 19.3. The molecule has 4 nitrogen and oxygen atoms in total. The number of benzene rings is 2. The highest BCUT2D eigenvalue weighted by atomic mass is 127. The van der Waals surface area contributed by atoms with Crippen molar-refractivity contribution >= 4 is 102 Å². The Hall–Kier alpha value is 1.17. The fourth-order valence-corrected chi connectivity index (χ4v) is 6.37. The summed E-state index contributed by atoms with van der Waals surface area (Å²) in [7, 11) is 0. The van der Waals surface area contributed by atoms with Crippen molar-refractivity contribution in [1.82, 2.24) is 0 Å². The Morgan fingerprint density at radius 1 is 0.885 bits per heavy atom. The summed E-state index contributed by atoms with van der Waals surface area (Å²) in [6, 6.07) is 7.68. The number of aliphatic hydroxyl groups excluding tert-OH is 1. The highest BCUT2D eigenvalue weighted by Gasteiger charge is 2.15. The maximum atomic E-state index is 9.16. The molecule has 0 unspecified atom stereocenters. The van der Waals surface area contributed by atoms with Gasteiger partial charge in [0.05, 0.1) is 20.9 Å². The molecule has 0 aliphatic heterocycles. The van der Waals surface area contributed by atoms with Crippen LogP contribution in [0.3, 0.4) is 0 Å². The summed E-state index contributed by atoms with van der Waals surface area (Å²) < 4.78 is 15.7. The molecule has 142 valence electrons. The van der Waals surface area contributed by atoms with Crippen LogP contribution >= 0.6 is 102 Å². The molecule has 2 N–H and O–H groups in total. The minimum atomic E-state index is -1.36. The van der Waals surface area contributed by atoms with E-state index >= 15 is 0 Å². The predicted molar refractivity (Wildman–Crippen MR) is 137 cm³/mol. The summed E-state index contributed by atoms with van der Waals surface area (Å²) in [4.78, 5) is 0. The van der Waals surface area contributed by atoms with Crippen LogP contribution in [0.4, 0.5) is 0 Å². The second-order valence-electron chi connectivity index (χ2n) is 5.28. The van der Waals surface area contributed by atoms with Crippen molar-refractivity contribution < 1.29 is 19.7 Å². The monoisotopic (exact) mass is 826 g/mol. The van der Waals surface area contributed by atoms with Crippen LogP contribution in [-0.2, 0) is 6.42 Å². The molecule has 0 saturated heterocycles. The van der Waals surface area contributed by atoms with Gasteiger partial charge in [0, 0.05) is 12.3 Å². The van der Waals surface area contributed by atoms with E-state index < -0.39 is 6.29 Å². The Morgan fingerprint density at radius 3 is 1.92 bits per heavy atom. The molecule has 0 aliphatic rings. The van der Waals surface area contributed by atoms with Crippen LogP contribution in [0.2, 0.25) is 0 Å². The van der Waals surface area contributed by atoms with Crippen LogP contribution in [0.1, 0.15) is 12.0 Å². The first-order chi connectivity index (χ1) is 12.3. The van der Waals surface area contributed by atoms with Crippen molar-refractivity contribution in [2.24, 2.45) is 0 Å². The smallest absolute Gasteiger partial charge is 0.155 e. The topological polar surface area (TPSA) is 58.9 Å². The minimum absolute atomic E-state index is 0.191. The Morgan fingerprint density at radius 2 is 1.42 bits per heavy atom. The van der Waals surface area contributed by atoms with E-state index in [1.54, 1.807) is 0 Å². The first-order valence-electron chi connectivity index (χ1n) is 7.51. The number of rotatable bonds is 8. The zero-order valence-corrected chi connectivity index (χ0v) is 22.7. The second-order valence-corrected chi connectivity index (χ2v) is 10.3. The van der Waals surface area contributed by atoms with Crippen molar-refractivity contribution in [3.05, 3.63) is 44.1 Å². The average molecular weight is 826 g/mol. The predicted octanol–water partition coefficient (Wildman–Crippen LogP) is 5.76. The van der Waals surface area contributed by atoms with Crippen molar-refractivity contribution in [2.75, 3.05) is 12.5 Å². The lowest BCUT2D eigenvalue weighted by atomic mass is 10.1. The molecule has 0 atom stereocenters. The minimum Gasteiger partial charge on any atom is -0.491 e. The molecule has 9 heteroatoms. The Kier molecular flexibility index (Phi) is 10.3. The van der Waals surface area contributed by atoms with Crippen molar-refractivity contribution in [1.29, 1.82) is 0 Å². The lowest BCUT2D eigenvalue weighted by molar-refractivity contribution is -0.0381. The second kappa shape index (κ2) is 11.4. The number of ether oxygens (including phenoxy) is 2. The fraction of sp³-hybridized carbons (Fsp3) is 0.294. The fourth-order valence-electron chi connectivity index (χ4n) is 2.12. The molecule has 0 aliphatic carbocycles. The Bertz CT molecular complexity index is 724. The molecule has 0 bridgehead atoms. The quantitative estimate of drug-likeness (QED) is 0.154. The van der Waals surface area contributed by atoms with E-state index in [2.05, 4.69) is 90.4 Å². The first kappa shape index (κ1) is 23.4. The van der Waals surface area contributed by atoms with Gasteiger partial charge in [-0.1, -0.05) is 0 Å². The molecule has 0 amide bonds. The van der Waals surface area contributed by atoms with Gasteiger partial charge in [-0.15, -0.1) is 11.6 Å². The molecule has 2 aromatic carbocycles. The van der Waals surface area contributed by atoms with E-state index in [1.807, 2.05) is 24.3 Å². The van der Waals surface area contributed by atoms with Gasteiger partial charge in [0.1, 0.15) is 11.5 Å². The molecule has 0 spiro atoms. The Balaban J connectivity index is 2.23. The molecule has 0 heterocycles. The van der Waals surface area contributed by atoms with E-state index in [9.17, 15) is 0 Å². The van der Waals surface area contributed by atoms with Gasteiger partial charge in [-0.25, -0.2) is 0 Å². The molecular weight excluding hydrogens is 811 g/mol. The largest absolute Gasteiger partial charge is 0.491 e. The lowest BCUT2D eigenvalue weighted by Gasteiger charge is -2.15. The van der Waals surface area contributed by atoms with Crippen LogP contribution in [-0.4, -0.2) is 29.0 Å². The molecule has 0 radical (unpaired) electrons. The van der Waals surface area contributed by atoms with Crippen molar-refractivity contribution in [3.8, 4) is 17.2 Å². The SMILES string of the molecule is OC(O)Cc1cc(I)c(Oc2cc(I)c(OCCCCl)c(I)c2)c(I)c1. The third-order valence-electron chi connectivity index (χ3n) is 3.19. The van der Waals surface area contributed by atoms with Crippen LogP contribution in [0, 0.1) is 14.3 Å². The molecule has 0 saturated carbocycles. The van der Waals surface area contributed by atoms with Gasteiger partial charge in [0.25, 0.3) is 0 Å². The number of hydrogen-bond acceptors (Lipinski definition) is 4. The van der Waals surface area contributed by atoms with Gasteiger partial charge >= 0.3 is 0 Å². The normalized spacial score (nSPS) is 11.1. The third-order valence-corrected chi connectivity index (χ3v) is 6.66. The Labute approximate surface area is 211 Å². The van der Waals surface area contributed by atoms with Gasteiger partial charge in [-0.05, 0) is 127 Å². The van der Waals surface area contributed by atoms with E-state index in [0.717, 1.165) is 43.5 Å². The molecule has 2 aromatic rings. The van der Waals surface area contributed by atoms with Crippen LogP contribution in [0.25, 0.3) is 0 Å². The van der Waals surface area contributed by atoms with Gasteiger partial charge in [-0.3, -0.25) is 0 Å². The maximum Gasteiger partial charge on any atom is 0.155 e. The molecule has 0 fully saturated rings. The van der Waals surface area contributed by atoms with E-state index in [4.69, 9.17) is 31.3 Å². The lowest BCUT2D eigenvalue weighted by Crippen LogP contribution is -2.08. The number of halogens is 5. The summed E-state index contributed by atoms with van der Waals surface area (Å²) in [5.41, 5.74) is 0.855. The highest BCUT2D eigenvalue weighted by molar-refractivity contribution is 14.1. The summed E-state index contributed by atoms with van der Waals surface area (Å²) >= 11 is 14.6. The van der Waals surface area contributed by atoms with Gasteiger partial charge < -0.3 is 19.7 Å². The molecule has 26 heavy (non-hydrogen) atoms. The zero-order valence-electron chi connectivity index (χ0n) is 13.3. The molecule has 0 aromatic heterocycles. The van der Waals surface area contributed by atoms with Crippen LogP contribution in [0.5, 0.6) is 17.2 Å². The summed E-state index contributed by atoms with van der Waals surface area (Å²) in [5, 5.41) is 18.3.